The molecule has 2 aliphatic heterocycles. The lowest BCUT2D eigenvalue weighted by molar-refractivity contribution is 0.191. The zero-order valence-corrected chi connectivity index (χ0v) is 19.4. The summed E-state index contributed by atoms with van der Waals surface area (Å²) in [4.78, 5) is 16.9. The molecule has 6 nitrogen and oxygen atoms in total. The molecule has 3 heterocycles. The van der Waals surface area contributed by atoms with Crippen LogP contribution in [0.1, 0.15) is 18.4 Å². The van der Waals surface area contributed by atoms with E-state index in [2.05, 4.69) is 40.4 Å². The predicted octanol–water partition coefficient (Wildman–Crippen LogP) is 3.36. The number of likely N-dealkylation sites (N-methyl/N-ethyl adjacent to an activating group) is 1. The summed E-state index contributed by atoms with van der Waals surface area (Å²) in [6.07, 6.45) is 2.02. The van der Waals surface area contributed by atoms with Gasteiger partial charge in [-0.1, -0.05) is 6.07 Å². The average Bonchev–Trinajstić information content (AvgIpc) is 2.83. The Morgan fingerprint density at radius 1 is 1.03 bits per heavy atom. The zero-order valence-electron chi connectivity index (χ0n) is 19.4. The molecule has 0 aliphatic carbocycles. The van der Waals surface area contributed by atoms with E-state index in [0.717, 1.165) is 56.5 Å². The van der Waals surface area contributed by atoms with Crippen LogP contribution in [0, 0.1) is 11.6 Å². The molecule has 0 atom stereocenters. The van der Waals surface area contributed by atoms with Crippen molar-refractivity contribution in [1.29, 1.82) is 0 Å². The monoisotopic (exact) mass is 468 g/mol. The van der Waals surface area contributed by atoms with Gasteiger partial charge in [-0.05, 0) is 55.8 Å². The fourth-order valence-corrected chi connectivity index (χ4v) is 4.93. The number of pyridine rings is 1. The van der Waals surface area contributed by atoms with Crippen molar-refractivity contribution in [2.45, 2.75) is 32.0 Å². The molecule has 1 aromatic heterocycles. The third-order valence-electron chi connectivity index (χ3n) is 6.96. The van der Waals surface area contributed by atoms with Crippen molar-refractivity contribution < 1.29 is 13.5 Å². The number of nitrogens with one attached hydrogen (secondary N) is 1. The lowest BCUT2D eigenvalue weighted by atomic mass is 10.0. The van der Waals surface area contributed by atoms with E-state index in [4.69, 9.17) is 4.74 Å². The minimum atomic E-state index is -0.672. The zero-order chi connectivity index (χ0) is 23.7. The number of halogens is 2. The summed E-state index contributed by atoms with van der Waals surface area (Å²) < 4.78 is 35.2. The first-order valence-electron chi connectivity index (χ1n) is 11.9. The van der Waals surface area contributed by atoms with E-state index < -0.39 is 11.6 Å². The number of rotatable bonds is 6. The molecule has 1 saturated heterocycles. The standard InChI is InChI=1S/C26H30F2N4O2/c1-30-12-13-34-25-14-18(2-4-23(25)30)17-29-20-6-8-31(9-7-20)10-11-32-24-16-19(27)15-22(28)21(24)3-5-26(32)33/h2-5,14-16,20,29H,6-13,17H2,1H3. The summed E-state index contributed by atoms with van der Waals surface area (Å²) in [5.41, 5.74) is 2.42. The Hall–Kier alpha value is -2.97. The van der Waals surface area contributed by atoms with Gasteiger partial charge in [0.15, 0.2) is 0 Å². The van der Waals surface area contributed by atoms with Crippen molar-refractivity contribution in [3.8, 4) is 5.75 Å². The normalized spacial score (nSPS) is 17.1. The van der Waals surface area contributed by atoms with Crippen LogP contribution >= 0.6 is 0 Å². The van der Waals surface area contributed by atoms with Crippen LogP contribution in [-0.2, 0) is 13.1 Å². The van der Waals surface area contributed by atoms with E-state index in [1.165, 1.54) is 28.3 Å². The second-order valence-electron chi connectivity index (χ2n) is 9.21. The summed E-state index contributed by atoms with van der Waals surface area (Å²) in [5, 5.41) is 3.93. The fourth-order valence-electron chi connectivity index (χ4n) is 4.93. The number of fused-ring (bicyclic) bond motifs is 2. The van der Waals surface area contributed by atoms with Crippen molar-refractivity contribution >= 4 is 16.6 Å². The van der Waals surface area contributed by atoms with Gasteiger partial charge in [-0.15, -0.1) is 0 Å². The molecular formula is C26H30F2N4O2. The number of likely N-dealkylation sites (tertiary alicyclic amines) is 1. The second-order valence-corrected chi connectivity index (χ2v) is 9.21. The van der Waals surface area contributed by atoms with Crippen LogP contribution in [0.4, 0.5) is 14.5 Å². The number of ether oxygens (including phenoxy) is 1. The van der Waals surface area contributed by atoms with Crippen molar-refractivity contribution in [2.75, 3.05) is 44.7 Å². The van der Waals surface area contributed by atoms with Gasteiger partial charge in [-0.25, -0.2) is 8.78 Å². The van der Waals surface area contributed by atoms with E-state index >= 15 is 0 Å². The molecule has 0 saturated carbocycles. The summed E-state index contributed by atoms with van der Waals surface area (Å²) in [6.45, 7) is 5.32. The molecule has 2 aromatic carbocycles. The number of piperidine rings is 1. The Kier molecular flexibility index (Phi) is 6.52. The van der Waals surface area contributed by atoms with Gasteiger partial charge >= 0.3 is 0 Å². The van der Waals surface area contributed by atoms with Crippen molar-refractivity contribution in [3.63, 3.8) is 0 Å². The van der Waals surface area contributed by atoms with Crippen LogP contribution in [0.25, 0.3) is 10.9 Å². The average molecular weight is 469 g/mol. The van der Waals surface area contributed by atoms with Crippen LogP contribution in [-0.4, -0.2) is 55.3 Å². The molecule has 2 aliphatic rings. The molecule has 0 spiro atoms. The lowest BCUT2D eigenvalue weighted by Crippen LogP contribution is -2.43. The second kappa shape index (κ2) is 9.72. The highest BCUT2D eigenvalue weighted by Crippen LogP contribution is 2.31. The highest BCUT2D eigenvalue weighted by Gasteiger charge is 2.20. The molecule has 1 fully saturated rings. The largest absolute Gasteiger partial charge is 0.490 e. The van der Waals surface area contributed by atoms with Crippen molar-refractivity contribution in [3.05, 3.63) is 70.0 Å². The van der Waals surface area contributed by atoms with Crippen molar-refractivity contribution in [2.24, 2.45) is 0 Å². The Bertz CT molecular complexity index is 1240. The molecule has 3 aromatic rings. The summed E-state index contributed by atoms with van der Waals surface area (Å²) in [6, 6.07) is 11.7. The molecule has 0 radical (unpaired) electrons. The molecule has 1 N–H and O–H groups in total. The van der Waals surface area contributed by atoms with Gasteiger partial charge in [-0.3, -0.25) is 4.79 Å². The number of benzene rings is 2. The topological polar surface area (TPSA) is 49.7 Å². The number of hydrogen-bond donors (Lipinski definition) is 1. The number of anilines is 1. The van der Waals surface area contributed by atoms with Crippen LogP contribution in [0.5, 0.6) is 5.75 Å². The molecule has 0 amide bonds. The first kappa shape index (κ1) is 22.8. The fraction of sp³-hybridized carbons (Fsp3) is 0.423. The minimum absolute atomic E-state index is 0.241. The molecular weight excluding hydrogens is 438 g/mol. The molecule has 8 heteroatoms. The van der Waals surface area contributed by atoms with E-state index in [1.54, 1.807) is 0 Å². The van der Waals surface area contributed by atoms with Crippen LogP contribution in [0.15, 0.2) is 47.3 Å². The Labute approximate surface area is 197 Å². The smallest absolute Gasteiger partial charge is 0.251 e. The van der Waals surface area contributed by atoms with Gasteiger partial charge in [-0.2, -0.15) is 0 Å². The number of aromatic nitrogens is 1. The lowest BCUT2D eigenvalue weighted by Gasteiger charge is -2.33. The maximum absolute atomic E-state index is 14.1. The first-order chi connectivity index (χ1) is 16.5. The first-order valence-corrected chi connectivity index (χ1v) is 11.9. The van der Waals surface area contributed by atoms with Crippen LogP contribution < -0.4 is 20.5 Å². The Morgan fingerprint density at radius 2 is 1.85 bits per heavy atom. The number of nitrogens with zero attached hydrogens (tertiary/aromatic N) is 3. The van der Waals surface area contributed by atoms with Gasteiger partial charge in [0.05, 0.1) is 17.7 Å². The highest BCUT2D eigenvalue weighted by atomic mass is 19.1. The molecule has 180 valence electrons. The quantitative estimate of drug-likeness (QED) is 0.601. The van der Waals surface area contributed by atoms with Gasteiger partial charge in [0, 0.05) is 50.2 Å². The SMILES string of the molecule is CN1CCOc2cc(CNC3CCN(CCn4c(=O)ccc5c(F)cc(F)cc54)CC3)ccc21. The summed E-state index contributed by atoms with van der Waals surface area (Å²) >= 11 is 0. The number of hydrogen-bond acceptors (Lipinski definition) is 5. The maximum Gasteiger partial charge on any atom is 0.251 e. The van der Waals surface area contributed by atoms with Gasteiger partial charge in [0.1, 0.15) is 24.0 Å². The van der Waals surface area contributed by atoms with Crippen molar-refractivity contribution in [1.82, 2.24) is 14.8 Å². The summed E-state index contributed by atoms with van der Waals surface area (Å²) in [5.74, 6) is -0.367. The molecule has 0 bridgehead atoms. The van der Waals surface area contributed by atoms with E-state index in [1.807, 2.05) is 0 Å². The minimum Gasteiger partial charge on any atom is -0.490 e. The Morgan fingerprint density at radius 3 is 2.68 bits per heavy atom. The molecule has 5 rings (SSSR count). The molecule has 0 unspecified atom stereocenters. The predicted molar refractivity (Wildman–Crippen MR) is 130 cm³/mol. The van der Waals surface area contributed by atoms with Gasteiger partial charge in [0.2, 0.25) is 0 Å². The molecule has 34 heavy (non-hydrogen) atoms. The van der Waals surface area contributed by atoms with Gasteiger partial charge in [0.25, 0.3) is 5.56 Å². The van der Waals surface area contributed by atoms with E-state index in [-0.39, 0.29) is 10.9 Å². The summed E-state index contributed by atoms with van der Waals surface area (Å²) in [7, 11) is 2.08. The highest BCUT2D eigenvalue weighted by molar-refractivity contribution is 5.79. The van der Waals surface area contributed by atoms with Crippen LogP contribution in [0.2, 0.25) is 0 Å². The third-order valence-corrected chi connectivity index (χ3v) is 6.96. The Balaban J connectivity index is 1.14. The van der Waals surface area contributed by atoms with E-state index in [0.29, 0.717) is 31.3 Å². The van der Waals surface area contributed by atoms with Gasteiger partial charge < -0.3 is 24.4 Å². The van der Waals surface area contributed by atoms with E-state index in [9.17, 15) is 13.6 Å². The third kappa shape index (κ3) is 4.79. The van der Waals surface area contributed by atoms with Crippen LogP contribution in [0.3, 0.4) is 0 Å². The maximum atomic E-state index is 14.1.